The van der Waals surface area contributed by atoms with Gasteiger partial charge in [0.15, 0.2) is 0 Å². The smallest absolute Gasteiger partial charge is 0.143 e. The highest BCUT2D eigenvalue weighted by molar-refractivity contribution is 4.97. The maximum atomic E-state index is 8.54. The van der Waals surface area contributed by atoms with Gasteiger partial charge in [0.2, 0.25) is 0 Å². The first-order valence-electron chi connectivity index (χ1n) is 5.92. The zero-order valence-electron chi connectivity index (χ0n) is 9.28. The molecule has 2 aliphatic rings. The van der Waals surface area contributed by atoms with E-state index in [0.29, 0.717) is 0 Å². The lowest BCUT2D eigenvalue weighted by Crippen LogP contribution is -2.25. The molecule has 2 fully saturated rings. The van der Waals surface area contributed by atoms with Gasteiger partial charge in [-0.05, 0) is 48.9 Å². The molecule has 2 heteroatoms. The predicted molar refractivity (Wildman–Crippen MR) is 55.7 cm³/mol. The van der Waals surface area contributed by atoms with Gasteiger partial charge in [-0.25, -0.2) is 0 Å². The molecule has 1 N–H and O–H groups in total. The van der Waals surface area contributed by atoms with Crippen LogP contribution in [0.3, 0.4) is 0 Å². The van der Waals surface area contributed by atoms with Crippen molar-refractivity contribution in [2.24, 2.45) is 29.6 Å². The topological polar surface area (TPSA) is 29.5 Å². The summed E-state index contributed by atoms with van der Waals surface area (Å²) in [6.07, 6.45) is 4.01. The van der Waals surface area contributed by atoms with Gasteiger partial charge in [0, 0.05) is 6.61 Å². The molecular formula is C12H22O2. The molecule has 2 aliphatic carbocycles. The SMILES string of the molecule is CC1C2CC(CCOCO)C(C2)C1C. The molecule has 2 bridgehead atoms. The van der Waals surface area contributed by atoms with Crippen LogP contribution < -0.4 is 0 Å². The molecule has 0 aromatic carbocycles. The fourth-order valence-electron chi connectivity index (χ4n) is 3.73. The molecule has 0 heterocycles. The molecule has 0 spiro atoms. The van der Waals surface area contributed by atoms with Crippen LogP contribution in [0.2, 0.25) is 0 Å². The Bertz CT molecular complexity index is 191. The number of aliphatic hydroxyl groups is 1. The minimum Gasteiger partial charge on any atom is -0.371 e. The molecule has 5 atom stereocenters. The first-order valence-corrected chi connectivity index (χ1v) is 5.92. The Labute approximate surface area is 86.6 Å². The van der Waals surface area contributed by atoms with Crippen LogP contribution in [0.1, 0.15) is 33.1 Å². The van der Waals surface area contributed by atoms with E-state index in [2.05, 4.69) is 13.8 Å². The summed E-state index contributed by atoms with van der Waals surface area (Å²) in [6.45, 7) is 5.45. The molecule has 2 rings (SSSR count). The van der Waals surface area contributed by atoms with Crippen molar-refractivity contribution in [2.75, 3.05) is 13.4 Å². The van der Waals surface area contributed by atoms with Crippen LogP contribution in [0.25, 0.3) is 0 Å². The fourth-order valence-corrected chi connectivity index (χ4v) is 3.73. The summed E-state index contributed by atoms with van der Waals surface area (Å²) in [4.78, 5) is 0. The van der Waals surface area contributed by atoms with E-state index in [1.165, 1.54) is 12.8 Å². The lowest BCUT2D eigenvalue weighted by Gasteiger charge is -2.31. The van der Waals surface area contributed by atoms with E-state index in [4.69, 9.17) is 9.84 Å². The van der Waals surface area contributed by atoms with Crippen molar-refractivity contribution in [3.05, 3.63) is 0 Å². The third kappa shape index (κ3) is 1.70. The Morgan fingerprint density at radius 2 is 2.00 bits per heavy atom. The van der Waals surface area contributed by atoms with Crippen molar-refractivity contribution in [3.8, 4) is 0 Å². The van der Waals surface area contributed by atoms with Crippen molar-refractivity contribution >= 4 is 0 Å². The second-order valence-corrected chi connectivity index (χ2v) is 5.20. The van der Waals surface area contributed by atoms with Crippen LogP contribution in [-0.2, 0) is 4.74 Å². The van der Waals surface area contributed by atoms with Gasteiger partial charge in [0.05, 0.1) is 0 Å². The Morgan fingerprint density at radius 1 is 1.21 bits per heavy atom. The summed E-state index contributed by atoms with van der Waals surface area (Å²) in [7, 11) is 0. The maximum absolute atomic E-state index is 8.54. The van der Waals surface area contributed by atoms with Crippen LogP contribution in [0.4, 0.5) is 0 Å². The molecule has 0 aromatic rings. The van der Waals surface area contributed by atoms with Crippen LogP contribution in [0.15, 0.2) is 0 Å². The normalized spacial score (nSPS) is 46.1. The highest BCUT2D eigenvalue weighted by Gasteiger charge is 2.47. The van der Waals surface area contributed by atoms with E-state index < -0.39 is 0 Å². The first kappa shape index (κ1) is 10.4. The molecule has 0 radical (unpaired) electrons. The summed E-state index contributed by atoms with van der Waals surface area (Å²) in [6, 6.07) is 0. The average molecular weight is 198 g/mol. The monoisotopic (exact) mass is 198 g/mol. The van der Waals surface area contributed by atoms with Crippen LogP contribution in [0.5, 0.6) is 0 Å². The van der Waals surface area contributed by atoms with Crippen molar-refractivity contribution in [1.29, 1.82) is 0 Å². The van der Waals surface area contributed by atoms with Gasteiger partial charge in [0.25, 0.3) is 0 Å². The maximum Gasteiger partial charge on any atom is 0.143 e. The van der Waals surface area contributed by atoms with Crippen LogP contribution >= 0.6 is 0 Å². The van der Waals surface area contributed by atoms with Gasteiger partial charge in [-0.1, -0.05) is 13.8 Å². The Hall–Kier alpha value is -0.0800. The van der Waals surface area contributed by atoms with E-state index in [1.54, 1.807) is 0 Å². The highest BCUT2D eigenvalue weighted by atomic mass is 16.6. The van der Waals surface area contributed by atoms with Crippen molar-refractivity contribution in [1.82, 2.24) is 0 Å². The molecule has 82 valence electrons. The van der Waals surface area contributed by atoms with Crippen molar-refractivity contribution in [3.63, 3.8) is 0 Å². The number of hydrogen-bond acceptors (Lipinski definition) is 2. The lowest BCUT2D eigenvalue weighted by molar-refractivity contribution is -0.0112. The zero-order valence-corrected chi connectivity index (χ0v) is 9.28. The molecule has 14 heavy (non-hydrogen) atoms. The third-order valence-electron chi connectivity index (χ3n) is 4.76. The third-order valence-corrected chi connectivity index (χ3v) is 4.76. The second-order valence-electron chi connectivity index (χ2n) is 5.20. The lowest BCUT2D eigenvalue weighted by atomic mass is 9.75. The highest BCUT2D eigenvalue weighted by Crippen LogP contribution is 2.55. The average Bonchev–Trinajstić information content (AvgIpc) is 2.69. The first-order chi connectivity index (χ1) is 6.74. The molecule has 0 saturated heterocycles. The quantitative estimate of drug-likeness (QED) is 0.554. The summed E-state index contributed by atoms with van der Waals surface area (Å²) in [5, 5.41) is 8.54. The fraction of sp³-hybridized carbons (Fsp3) is 1.00. The van der Waals surface area contributed by atoms with E-state index >= 15 is 0 Å². The Morgan fingerprint density at radius 3 is 2.57 bits per heavy atom. The molecular weight excluding hydrogens is 176 g/mol. The molecule has 0 aromatic heterocycles. The van der Waals surface area contributed by atoms with Crippen LogP contribution in [0, 0.1) is 29.6 Å². The molecule has 0 amide bonds. The summed E-state index contributed by atoms with van der Waals surface area (Å²) in [5.74, 6) is 4.65. The van der Waals surface area contributed by atoms with E-state index in [9.17, 15) is 0 Å². The Balaban J connectivity index is 1.81. The number of ether oxygens (including phenoxy) is 1. The van der Waals surface area contributed by atoms with E-state index in [-0.39, 0.29) is 6.79 Å². The minimum absolute atomic E-state index is 0.118. The van der Waals surface area contributed by atoms with Gasteiger partial charge in [-0.3, -0.25) is 0 Å². The number of hydrogen-bond donors (Lipinski definition) is 1. The van der Waals surface area contributed by atoms with Crippen molar-refractivity contribution in [2.45, 2.75) is 33.1 Å². The summed E-state index contributed by atoms with van der Waals surface area (Å²) >= 11 is 0. The number of rotatable bonds is 4. The number of aliphatic hydroxyl groups excluding tert-OH is 1. The number of fused-ring (bicyclic) bond motifs is 2. The van der Waals surface area contributed by atoms with Gasteiger partial charge in [0.1, 0.15) is 6.79 Å². The van der Waals surface area contributed by atoms with Gasteiger partial charge in [-0.2, -0.15) is 0 Å². The van der Waals surface area contributed by atoms with Crippen LogP contribution in [-0.4, -0.2) is 18.5 Å². The second kappa shape index (κ2) is 4.19. The molecule has 2 saturated carbocycles. The van der Waals surface area contributed by atoms with Crippen molar-refractivity contribution < 1.29 is 9.84 Å². The predicted octanol–water partition coefficient (Wildman–Crippen LogP) is 2.27. The summed E-state index contributed by atoms with van der Waals surface area (Å²) in [5.41, 5.74) is 0. The molecule has 2 nitrogen and oxygen atoms in total. The van der Waals surface area contributed by atoms with Gasteiger partial charge < -0.3 is 9.84 Å². The Kier molecular flexibility index (Phi) is 3.13. The molecule has 0 aliphatic heterocycles. The van der Waals surface area contributed by atoms with Gasteiger partial charge >= 0.3 is 0 Å². The minimum atomic E-state index is -0.118. The standard InChI is InChI=1S/C12H22O2/c1-8-9(2)12-6-11(8)5-10(12)3-4-14-7-13/h8-13H,3-7H2,1-2H3. The van der Waals surface area contributed by atoms with Gasteiger partial charge in [-0.15, -0.1) is 0 Å². The zero-order chi connectivity index (χ0) is 10.1. The molecule has 5 unspecified atom stereocenters. The summed E-state index contributed by atoms with van der Waals surface area (Å²) < 4.78 is 5.02. The van der Waals surface area contributed by atoms with E-state index in [0.717, 1.165) is 42.6 Å². The van der Waals surface area contributed by atoms with E-state index in [1.807, 2.05) is 0 Å². The largest absolute Gasteiger partial charge is 0.371 e.